The molecular weight excluding hydrogens is 394 g/mol. The standard InChI is InChI=1S/C23H31N5O3/c1-30-21-4-2-3-20(14-21)28-8-6-19(17-28)16-26-23(29)25-15-18-5-7-24-22(13-18)27-9-11-31-12-10-27/h2-5,7,13-14,19H,6,8-12,15-17H2,1H3,(H2,25,26,29). The zero-order valence-corrected chi connectivity index (χ0v) is 18.0. The maximum Gasteiger partial charge on any atom is 0.315 e. The summed E-state index contributed by atoms with van der Waals surface area (Å²) in [6.45, 7) is 6.21. The molecule has 3 heterocycles. The highest BCUT2D eigenvalue weighted by Gasteiger charge is 2.23. The summed E-state index contributed by atoms with van der Waals surface area (Å²) in [5.74, 6) is 2.24. The third-order valence-corrected chi connectivity index (χ3v) is 5.85. The Balaban J connectivity index is 1.20. The van der Waals surface area contributed by atoms with Crippen molar-refractivity contribution in [3.8, 4) is 5.75 Å². The van der Waals surface area contributed by atoms with Crippen molar-refractivity contribution in [1.82, 2.24) is 15.6 Å². The number of pyridine rings is 1. The Morgan fingerprint density at radius 2 is 2.03 bits per heavy atom. The third-order valence-electron chi connectivity index (χ3n) is 5.85. The Morgan fingerprint density at radius 1 is 1.16 bits per heavy atom. The zero-order chi connectivity index (χ0) is 21.5. The maximum absolute atomic E-state index is 12.3. The number of hydrogen-bond donors (Lipinski definition) is 2. The first-order chi connectivity index (χ1) is 15.2. The Labute approximate surface area is 183 Å². The summed E-state index contributed by atoms with van der Waals surface area (Å²) in [4.78, 5) is 21.3. The molecule has 0 aliphatic carbocycles. The van der Waals surface area contributed by atoms with E-state index in [2.05, 4.69) is 37.6 Å². The normalized spacial score (nSPS) is 18.7. The first-order valence-corrected chi connectivity index (χ1v) is 10.9. The maximum atomic E-state index is 12.3. The van der Waals surface area contributed by atoms with E-state index in [0.29, 0.717) is 19.0 Å². The van der Waals surface area contributed by atoms with Gasteiger partial charge in [0.15, 0.2) is 0 Å². The summed E-state index contributed by atoms with van der Waals surface area (Å²) in [5, 5.41) is 5.98. The van der Waals surface area contributed by atoms with Crippen molar-refractivity contribution < 1.29 is 14.3 Å². The molecule has 2 aromatic rings. The molecule has 0 bridgehead atoms. The van der Waals surface area contributed by atoms with E-state index in [9.17, 15) is 4.79 Å². The Morgan fingerprint density at radius 3 is 2.87 bits per heavy atom. The number of hydrogen-bond acceptors (Lipinski definition) is 6. The summed E-state index contributed by atoms with van der Waals surface area (Å²) in [7, 11) is 1.68. The number of nitrogens with one attached hydrogen (secondary N) is 2. The fourth-order valence-electron chi connectivity index (χ4n) is 4.06. The number of amides is 2. The second kappa shape index (κ2) is 10.3. The molecule has 31 heavy (non-hydrogen) atoms. The van der Waals surface area contributed by atoms with Crippen LogP contribution in [0.4, 0.5) is 16.3 Å². The van der Waals surface area contributed by atoms with Crippen LogP contribution in [0.1, 0.15) is 12.0 Å². The van der Waals surface area contributed by atoms with Crippen LogP contribution in [0.3, 0.4) is 0 Å². The zero-order valence-electron chi connectivity index (χ0n) is 18.0. The van der Waals surface area contributed by atoms with Crippen molar-refractivity contribution in [2.24, 2.45) is 5.92 Å². The number of benzene rings is 1. The number of rotatable bonds is 7. The number of carbonyl (C=O) groups is 1. The van der Waals surface area contributed by atoms with Crippen LogP contribution in [0.25, 0.3) is 0 Å². The molecule has 4 rings (SSSR count). The summed E-state index contributed by atoms with van der Waals surface area (Å²) in [6, 6.07) is 12.0. The lowest BCUT2D eigenvalue weighted by Crippen LogP contribution is -2.38. The van der Waals surface area contributed by atoms with Gasteiger partial charge in [0.25, 0.3) is 0 Å². The van der Waals surface area contributed by atoms with Crippen molar-refractivity contribution in [3.05, 3.63) is 48.2 Å². The largest absolute Gasteiger partial charge is 0.497 e. The molecule has 2 amide bonds. The molecule has 2 aliphatic heterocycles. The molecule has 1 atom stereocenters. The minimum atomic E-state index is -0.135. The molecule has 8 nitrogen and oxygen atoms in total. The van der Waals surface area contributed by atoms with Gasteiger partial charge in [-0.3, -0.25) is 0 Å². The summed E-state index contributed by atoms with van der Waals surface area (Å²) in [5.41, 5.74) is 2.21. The predicted molar refractivity (Wildman–Crippen MR) is 121 cm³/mol. The lowest BCUT2D eigenvalue weighted by Gasteiger charge is -2.28. The number of aromatic nitrogens is 1. The van der Waals surface area contributed by atoms with Crippen LogP contribution in [-0.4, -0.2) is 64.1 Å². The van der Waals surface area contributed by atoms with E-state index < -0.39 is 0 Å². The molecule has 2 saturated heterocycles. The van der Waals surface area contributed by atoms with Crippen molar-refractivity contribution in [3.63, 3.8) is 0 Å². The molecule has 0 radical (unpaired) electrons. The van der Waals surface area contributed by atoms with Gasteiger partial charge in [-0.1, -0.05) is 6.07 Å². The molecule has 1 aromatic carbocycles. The number of urea groups is 1. The number of nitrogens with zero attached hydrogens (tertiary/aromatic N) is 3. The van der Waals surface area contributed by atoms with Gasteiger partial charge < -0.3 is 29.9 Å². The van der Waals surface area contributed by atoms with E-state index in [-0.39, 0.29) is 6.03 Å². The van der Waals surface area contributed by atoms with Crippen LogP contribution < -0.4 is 25.2 Å². The van der Waals surface area contributed by atoms with Crippen molar-refractivity contribution >= 4 is 17.5 Å². The lowest BCUT2D eigenvalue weighted by atomic mass is 10.1. The van der Waals surface area contributed by atoms with Crippen molar-refractivity contribution in [2.45, 2.75) is 13.0 Å². The molecular formula is C23H31N5O3. The van der Waals surface area contributed by atoms with E-state index in [1.165, 1.54) is 5.69 Å². The summed E-state index contributed by atoms with van der Waals surface area (Å²) >= 11 is 0. The monoisotopic (exact) mass is 425 g/mol. The van der Waals surface area contributed by atoms with E-state index in [1.807, 2.05) is 24.3 Å². The SMILES string of the molecule is COc1cccc(N2CCC(CNC(=O)NCc3ccnc(N4CCOCC4)c3)C2)c1. The molecule has 2 N–H and O–H groups in total. The minimum Gasteiger partial charge on any atom is -0.497 e. The Kier molecular flexibility index (Phi) is 7.09. The van der Waals surface area contributed by atoms with Crippen LogP contribution in [0.2, 0.25) is 0 Å². The highest BCUT2D eigenvalue weighted by molar-refractivity contribution is 5.73. The summed E-state index contributed by atoms with van der Waals surface area (Å²) < 4.78 is 10.7. The smallest absolute Gasteiger partial charge is 0.315 e. The van der Waals surface area contributed by atoms with E-state index in [0.717, 1.165) is 62.9 Å². The van der Waals surface area contributed by atoms with E-state index >= 15 is 0 Å². The van der Waals surface area contributed by atoms with E-state index in [1.54, 1.807) is 13.3 Å². The van der Waals surface area contributed by atoms with Gasteiger partial charge in [-0.15, -0.1) is 0 Å². The van der Waals surface area contributed by atoms with Gasteiger partial charge in [-0.05, 0) is 42.2 Å². The molecule has 2 aliphatic rings. The van der Waals surface area contributed by atoms with Gasteiger partial charge in [0, 0.05) is 57.2 Å². The average molecular weight is 426 g/mol. The van der Waals surface area contributed by atoms with Crippen LogP contribution in [0, 0.1) is 5.92 Å². The number of methoxy groups -OCH3 is 1. The van der Waals surface area contributed by atoms with Crippen LogP contribution >= 0.6 is 0 Å². The molecule has 1 aromatic heterocycles. The molecule has 0 saturated carbocycles. The van der Waals surface area contributed by atoms with Crippen molar-refractivity contribution in [2.75, 3.05) is 62.8 Å². The number of carbonyl (C=O) groups excluding carboxylic acids is 1. The second-order valence-corrected chi connectivity index (χ2v) is 7.99. The molecule has 0 spiro atoms. The van der Waals surface area contributed by atoms with Crippen molar-refractivity contribution in [1.29, 1.82) is 0 Å². The molecule has 2 fully saturated rings. The van der Waals surface area contributed by atoms with Gasteiger partial charge >= 0.3 is 6.03 Å². The number of ether oxygens (including phenoxy) is 2. The Bertz CT molecular complexity index is 872. The number of morpholine rings is 1. The molecule has 166 valence electrons. The first kappa shape index (κ1) is 21.2. The second-order valence-electron chi connectivity index (χ2n) is 7.99. The van der Waals surface area contributed by atoms with Gasteiger partial charge in [0.05, 0.1) is 20.3 Å². The third kappa shape index (κ3) is 5.79. The lowest BCUT2D eigenvalue weighted by molar-refractivity contribution is 0.122. The molecule has 1 unspecified atom stereocenters. The quantitative estimate of drug-likeness (QED) is 0.709. The highest BCUT2D eigenvalue weighted by Crippen LogP contribution is 2.26. The fourth-order valence-corrected chi connectivity index (χ4v) is 4.06. The highest BCUT2D eigenvalue weighted by atomic mass is 16.5. The van der Waals surface area contributed by atoms with Gasteiger partial charge in [-0.25, -0.2) is 9.78 Å². The summed E-state index contributed by atoms with van der Waals surface area (Å²) in [6.07, 6.45) is 2.86. The predicted octanol–water partition coefficient (Wildman–Crippen LogP) is 2.25. The van der Waals surface area contributed by atoms with Gasteiger partial charge in [-0.2, -0.15) is 0 Å². The molecule has 8 heteroatoms. The minimum absolute atomic E-state index is 0.135. The van der Waals surface area contributed by atoms with Crippen LogP contribution in [-0.2, 0) is 11.3 Å². The topological polar surface area (TPSA) is 79.0 Å². The Hall–Kier alpha value is -3.00. The number of anilines is 2. The van der Waals surface area contributed by atoms with E-state index in [4.69, 9.17) is 9.47 Å². The fraction of sp³-hybridized carbons (Fsp3) is 0.478. The van der Waals surface area contributed by atoms with Gasteiger partial charge in [0.2, 0.25) is 0 Å². The first-order valence-electron chi connectivity index (χ1n) is 10.9. The van der Waals surface area contributed by atoms with Gasteiger partial charge in [0.1, 0.15) is 11.6 Å². The average Bonchev–Trinajstić information content (AvgIpc) is 3.31. The van der Waals surface area contributed by atoms with Crippen LogP contribution in [0.15, 0.2) is 42.6 Å². The van der Waals surface area contributed by atoms with Crippen LogP contribution in [0.5, 0.6) is 5.75 Å².